The van der Waals surface area contributed by atoms with Gasteiger partial charge in [0, 0.05) is 6.54 Å². The van der Waals surface area contributed by atoms with Crippen molar-refractivity contribution in [2.45, 2.75) is 32.4 Å². The van der Waals surface area contributed by atoms with Crippen molar-refractivity contribution in [2.24, 2.45) is 0 Å². The Balaban J connectivity index is 2.35. The van der Waals surface area contributed by atoms with Crippen LogP contribution in [-0.4, -0.2) is 36.1 Å². The fourth-order valence-corrected chi connectivity index (χ4v) is 1.49. The van der Waals surface area contributed by atoms with E-state index < -0.39 is 0 Å². The van der Waals surface area contributed by atoms with Crippen LogP contribution in [0.4, 0.5) is 0 Å². The van der Waals surface area contributed by atoms with Gasteiger partial charge in [0.1, 0.15) is 5.75 Å². The van der Waals surface area contributed by atoms with Crippen LogP contribution in [0.5, 0.6) is 5.75 Å². The zero-order chi connectivity index (χ0) is 13.2. The summed E-state index contributed by atoms with van der Waals surface area (Å²) in [7, 11) is 0. The van der Waals surface area contributed by atoms with Gasteiger partial charge in [0.2, 0.25) is 0 Å². The molecule has 4 nitrogen and oxygen atoms in total. The van der Waals surface area contributed by atoms with Crippen LogP contribution in [-0.2, 0) is 6.54 Å². The first-order valence-electron chi connectivity index (χ1n) is 6.47. The van der Waals surface area contributed by atoms with E-state index in [1.54, 1.807) is 0 Å². The minimum atomic E-state index is -0.259. The highest BCUT2D eigenvalue weighted by Crippen LogP contribution is 2.12. The number of unbranched alkanes of at least 4 members (excludes halogenated alkanes) is 1. The molecule has 0 saturated carbocycles. The Morgan fingerprint density at radius 1 is 1.17 bits per heavy atom. The molecule has 0 fully saturated rings. The van der Waals surface area contributed by atoms with E-state index in [0.29, 0.717) is 6.54 Å². The van der Waals surface area contributed by atoms with E-state index in [0.717, 1.165) is 30.8 Å². The fraction of sp³-hybridized carbons (Fsp3) is 0.571. The Hall–Kier alpha value is -1.10. The van der Waals surface area contributed by atoms with E-state index in [2.05, 4.69) is 12.2 Å². The van der Waals surface area contributed by atoms with Crippen molar-refractivity contribution < 1.29 is 14.9 Å². The van der Waals surface area contributed by atoms with Gasteiger partial charge < -0.3 is 20.3 Å². The Morgan fingerprint density at radius 3 is 2.39 bits per heavy atom. The summed E-state index contributed by atoms with van der Waals surface area (Å²) in [6.07, 6.45) is 2.20. The maximum atomic E-state index is 8.93. The zero-order valence-electron chi connectivity index (χ0n) is 10.9. The van der Waals surface area contributed by atoms with Crippen LogP contribution in [0.25, 0.3) is 0 Å². The van der Waals surface area contributed by atoms with Gasteiger partial charge in [-0.05, 0) is 24.1 Å². The molecule has 0 atom stereocenters. The van der Waals surface area contributed by atoms with Crippen molar-refractivity contribution in [1.82, 2.24) is 5.32 Å². The molecule has 4 heteroatoms. The summed E-state index contributed by atoms with van der Waals surface area (Å²) in [5.41, 5.74) is 1.10. The monoisotopic (exact) mass is 253 g/mol. The highest BCUT2D eigenvalue weighted by atomic mass is 16.5. The molecule has 1 rings (SSSR count). The third kappa shape index (κ3) is 5.49. The van der Waals surface area contributed by atoms with Crippen LogP contribution in [0.1, 0.15) is 25.3 Å². The molecule has 3 N–H and O–H groups in total. The van der Waals surface area contributed by atoms with E-state index in [-0.39, 0.29) is 19.3 Å². The summed E-state index contributed by atoms with van der Waals surface area (Å²) >= 11 is 0. The Labute approximate surface area is 109 Å². The number of aliphatic hydroxyl groups excluding tert-OH is 2. The average molecular weight is 253 g/mol. The molecular formula is C14H23NO3. The fourth-order valence-electron chi connectivity index (χ4n) is 1.49. The smallest absolute Gasteiger partial charge is 0.119 e. The van der Waals surface area contributed by atoms with Gasteiger partial charge in [-0.2, -0.15) is 0 Å². The van der Waals surface area contributed by atoms with Gasteiger partial charge in [0.25, 0.3) is 0 Å². The van der Waals surface area contributed by atoms with Crippen LogP contribution in [0.3, 0.4) is 0 Å². The van der Waals surface area contributed by atoms with Crippen LogP contribution >= 0.6 is 0 Å². The largest absolute Gasteiger partial charge is 0.494 e. The first-order valence-corrected chi connectivity index (χ1v) is 6.47. The second kappa shape index (κ2) is 8.91. The third-order valence-electron chi connectivity index (χ3n) is 2.73. The molecule has 0 heterocycles. The maximum Gasteiger partial charge on any atom is 0.119 e. The molecule has 0 aromatic heterocycles. The first kappa shape index (κ1) is 15.0. The van der Waals surface area contributed by atoms with Crippen molar-refractivity contribution >= 4 is 0 Å². The van der Waals surface area contributed by atoms with E-state index >= 15 is 0 Å². The first-order chi connectivity index (χ1) is 8.80. The quantitative estimate of drug-likeness (QED) is 0.581. The number of rotatable bonds is 9. The molecule has 0 unspecified atom stereocenters. The van der Waals surface area contributed by atoms with E-state index in [9.17, 15) is 0 Å². The summed E-state index contributed by atoms with van der Waals surface area (Å²) in [6.45, 7) is 3.40. The molecule has 0 aliphatic rings. The van der Waals surface area contributed by atoms with Gasteiger partial charge in [0.15, 0.2) is 0 Å². The molecule has 1 aromatic carbocycles. The van der Waals surface area contributed by atoms with Gasteiger partial charge in [0.05, 0.1) is 25.9 Å². The summed E-state index contributed by atoms with van der Waals surface area (Å²) < 4.78 is 5.57. The van der Waals surface area contributed by atoms with E-state index in [4.69, 9.17) is 14.9 Å². The van der Waals surface area contributed by atoms with Crippen molar-refractivity contribution in [1.29, 1.82) is 0 Å². The molecule has 0 radical (unpaired) electrons. The molecule has 18 heavy (non-hydrogen) atoms. The summed E-state index contributed by atoms with van der Waals surface area (Å²) in [5, 5.41) is 20.9. The Bertz CT molecular complexity index is 309. The number of hydrogen-bond acceptors (Lipinski definition) is 4. The van der Waals surface area contributed by atoms with Gasteiger partial charge in [-0.25, -0.2) is 0 Å². The van der Waals surface area contributed by atoms with E-state index in [1.165, 1.54) is 0 Å². The van der Waals surface area contributed by atoms with Gasteiger partial charge in [-0.15, -0.1) is 0 Å². The predicted octanol–water partition coefficient (Wildman–Crippen LogP) is 1.31. The number of benzene rings is 1. The molecule has 0 aliphatic heterocycles. The van der Waals surface area contributed by atoms with Gasteiger partial charge in [-0.1, -0.05) is 25.5 Å². The lowest BCUT2D eigenvalue weighted by Gasteiger charge is -2.13. The molecule has 0 aliphatic carbocycles. The van der Waals surface area contributed by atoms with Crippen molar-refractivity contribution in [3.05, 3.63) is 29.8 Å². The minimum Gasteiger partial charge on any atom is -0.494 e. The summed E-state index contributed by atoms with van der Waals surface area (Å²) in [5.74, 6) is 0.882. The molecule has 102 valence electrons. The molecule has 0 spiro atoms. The summed E-state index contributed by atoms with van der Waals surface area (Å²) in [6, 6.07) is 7.60. The SMILES string of the molecule is CCCCOc1ccc(CNC(CO)CO)cc1. The third-order valence-corrected chi connectivity index (χ3v) is 2.73. The van der Waals surface area contributed by atoms with Crippen molar-refractivity contribution in [3.8, 4) is 5.75 Å². The van der Waals surface area contributed by atoms with Crippen molar-refractivity contribution in [2.75, 3.05) is 19.8 Å². The maximum absolute atomic E-state index is 8.93. The highest BCUT2D eigenvalue weighted by Gasteiger charge is 2.04. The number of ether oxygens (including phenoxy) is 1. The van der Waals surface area contributed by atoms with Crippen LogP contribution in [0.2, 0.25) is 0 Å². The second-order valence-electron chi connectivity index (χ2n) is 4.29. The van der Waals surface area contributed by atoms with Crippen LogP contribution in [0.15, 0.2) is 24.3 Å². The zero-order valence-corrected chi connectivity index (χ0v) is 10.9. The highest BCUT2D eigenvalue weighted by molar-refractivity contribution is 5.27. The lowest BCUT2D eigenvalue weighted by molar-refractivity contribution is 0.170. The molecule has 0 bridgehead atoms. The normalized spacial score (nSPS) is 10.9. The lowest BCUT2D eigenvalue weighted by atomic mass is 10.2. The summed E-state index contributed by atoms with van der Waals surface area (Å²) in [4.78, 5) is 0. The number of nitrogens with one attached hydrogen (secondary N) is 1. The standard InChI is InChI=1S/C14H23NO3/c1-2-3-8-18-14-6-4-12(5-7-14)9-15-13(10-16)11-17/h4-7,13,15-17H,2-3,8-11H2,1H3. The van der Waals surface area contributed by atoms with Crippen LogP contribution < -0.4 is 10.1 Å². The van der Waals surface area contributed by atoms with Crippen LogP contribution in [0, 0.1) is 0 Å². The lowest BCUT2D eigenvalue weighted by Crippen LogP contribution is -2.35. The average Bonchev–Trinajstić information content (AvgIpc) is 2.42. The number of aliphatic hydroxyl groups is 2. The Kier molecular flexibility index (Phi) is 7.41. The molecular weight excluding hydrogens is 230 g/mol. The van der Waals surface area contributed by atoms with Gasteiger partial charge in [-0.3, -0.25) is 0 Å². The molecule has 0 saturated heterocycles. The topological polar surface area (TPSA) is 61.7 Å². The van der Waals surface area contributed by atoms with E-state index in [1.807, 2.05) is 24.3 Å². The minimum absolute atomic E-state index is 0.0608. The molecule has 0 amide bonds. The molecule has 1 aromatic rings. The number of hydrogen-bond donors (Lipinski definition) is 3. The Morgan fingerprint density at radius 2 is 1.83 bits per heavy atom. The van der Waals surface area contributed by atoms with Crippen molar-refractivity contribution in [3.63, 3.8) is 0 Å². The second-order valence-corrected chi connectivity index (χ2v) is 4.29. The van der Waals surface area contributed by atoms with Gasteiger partial charge >= 0.3 is 0 Å². The predicted molar refractivity (Wildman–Crippen MR) is 71.6 cm³/mol.